The smallest absolute Gasteiger partial charge is 0.336 e. The molecular formula is C14H16O8S2. The highest BCUT2D eigenvalue weighted by Crippen LogP contribution is 2.38. The zero-order valence-corrected chi connectivity index (χ0v) is 14.9. The van der Waals surface area contributed by atoms with Crippen molar-refractivity contribution >= 4 is 31.2 Å². The average Bonchev–Trinajstić information content (AvgIpc) is 2.49. The van der Waals surface area contributed by atoms with Crippen LogP contribution in [-0.4, -0.2) is 28.3 Å². The molecule has 24 heavy (non-hydrogen) atoms. The second-order valence-corrected chi connectivity index (χ2v) is 8.60. The van der Waals surface area contributed by atoms with Crippen LogP contribution in [0.15, 0.2) is 27.4 Å². The van der Waals surface area contributed by atoms with E-state index in [0.29, 0.717) is 10.9 Å². The van der Waals surface area contributed by atoms with Crippen LogP contribution in [0, 0.1) is 6.92 Å². The lowest BCUT2D eigenvalue weighted by Gasteiger charge is -2.13. The van der Waals surface area contributed by atoms with Crippen LogP contribution in [0.1, 0.15) is 19.4 Å². The van der Waals surface area contributed by atoms with Crippen LogP contribution in [0.2, 0.25) is 0 Å². The first-order chi connectivity index (χ1) is 11.1. The number of hydrogen-bond acceptors (Lipinski definition) is 8. The summed E-state index contributed by atoms with van der Waals surface area (Å²) in [7, 11) is -7.95. The van der Waals surface area contributed by atoms with Gasteiger partial charge in [-0.2, -0.15) is 16.8 Å². The molecule has 0 bridgehead atoms. The zero-order valence-electron chi connectivity index (χ0n) is 13.2. The van der Waals surface area contributed by atoms with E-state index in [1.165, 1.54) is 32.0 Å². The maximum atomic E-state index is 11.8. The van der Waals surface area contributed by atoms with Crippen LogP contribution >= 0.6 is 0 Å². The van der Waals surface area contributed by atoms with E-state index >= 15 is 0 Å². The number of hydrogen-bond donors (Lipinski definition) is 0. The third kappa shape index (κ3) is 3.88. The first kappa shape index (κ1) is 18.3. The fourth-order valence-corrected chi connectivity index (χ4v) is 2.92. The zero-order chi connectivity index (χ0) is 18.1. The summed E-state index contributed by atoms with van der Waals surface area (Å²) in [4.78, 5) is 11.6. The maximum absolute atomic E-state index is 11.8. The Labute approximate surface area is 139 Å². The van der Waals surface area contributed by atoms with Gasteiger partial charge in [0.05, 0.1) is 11.5 Å². The van der Waals surface area contributed by atoms with Crippen molar-refractivity contribution < 1.29 is 29.6 Å². The van der Waals surface area contributed by atoms with E-state index in [1.54, 1.807) is 6.92 Å². The molecule has 0 saturated carbocycles. The Hall–Kier alpha value is -2.07. The van der Waals surface area contributed by atoms with Gasteiger partial charge in [-0.15, -0.1) is 0 Å². The Kier molecular flexibility index (Phi) is 4.90. The highest BCUT2D eigenvalue weighted by atomic mass is 32.2. The Balaban J connectivity index is 2.80. The summed E-state index contributed by atoms with van der Waals surface area (Å²) in [5.74, 6) is -1.52. The molecule has 0 amide bonds. The third-order valence-corrected chi connectivity index (χ3v) is 5.44. The number of fused-ring (bicyclic) bond motifs is 1. The van der Waals surface area contributed by atoms with Gasteiger partial charge in [0.2, 0.25) is 5.75 Å². The summed E-state index contributed by atoms with van der Waals surface area (Å²) in [6, 6.07) is 3.94. The molecule has 0 atom stereocenters. The predicted octanol–water partition coefficient (Wildman–Crippen LogP) is 1.56. The number of benzene rings is 1. The molecule has 1 aromatic carbocycles. The van der Waals surface area contributed by atoms with Gasteiger partial charge in [-0.05, 0) is 38.5 Å². The van der Waals surface area contributed by atoms with Gasteiger partial charge < -0.3 is 12.8 Å². The van der Waals surface area contributed by atoms with Gasteiger partial charge in [0.15, 0.2) is 11.3 Å². The molecule has 0 unspecified atom stereocenters. The Morgan fingerprint density at radius 3 is 2.17 bits per heavy atom. The normalized spacial score (nSPS) is 12.3. The quantitative estimate of drug-likeness (QED) is 0.551. The first-order valence-corrected chi connectivity index (χ1v) is 10.2. The molecule has 0 aliphatic heterocycles. The van der Waals surface area contributed by atoms with E-state index in [1.807, 2.05) is 0 Å². The molecule has 0 aliphatic rings. The average molecular weight is 376 g/mol. The van der Waals surface area contributed by atoms with Crippen molar-refractivity contribution in [3.8, 4) is 11.5 Å². The van der Waals surface area contributed by atoms with E-state index in [2.05, 4.69) is 0 Å². The molecule has 0 aliphatic carbocycles. The summed E-state index contributed by atoms with van der Waals surface area (Å²) in [5.41, 5.74) is -0.403. The molecule has 2 rings (SSSR count). The molecule has 2 aromatic rings. The van der Waals surface area contributed by atoms with Crippen molar-refractivity contribution in [2.24, 2.45) is 0 Å². The van der Waals surface area contributed by atoms with Gasteiger partial charge in [0.25, 0.3) is 0 Å². The minimum absolute atomic E-state index is 0.194. The van der Waals surface area contributed by atoms with Crippen molar-refractivity contribution in [2.45, 2.75) is 20.8 Å². The molecule has 10 heteroatoms. The minimum Gasteiger partial charge on any atom is -0.418 e. The van der Waals surface area contributed by atoms with E-state index < -0.39 is 31.6 Å². The largest absolute Gasteiger partial charge is 0.418 e. The number of aryl methyl sites for hydroxylation is 1. The van der Waals surface area contributed by atoms with Crippen LogP contribution < -0.4 is 14.0 Å². The van der Waals surface area contributed by atoms with Gasteiger partial charge in [0.1, 0.15) is 0 Å². The SMILES string of the molecule is CCS(=O)(=O)Oc1ccc2c(C)cc(=O)oc2c1OS(=O)(=O)CC. The third-order valence-electron chi connectivity index (χ3n) is 3.17. The lowest BCUT2D eigenvalue weighted by Crippen LogP contribution is -2.16. The molecule has 0 radical (unpaired) electrons. The molecule has 1 aromatic heterocycles. The van der Waals surface area contributed by atoms with Crippen molar-refractivity contribution in [2.75, 3.05) is 11.5 Å². The standard InChI is InChI=1S/C14H16O8S2/c1-4-23(16,17)21-11-7-6-10-9(3)8-12(15)20-13(10)14(11)22-24(18,19)5-2/h6-8H,4-5H2,1-3H3. The second kappa shape index (κ2) is 6.44. The molecule has 1 heterocycles. The van der Waals surface area contributed by atoms with Crippen LogP contribution in [0.4, 0.5) is 0 Å². The summed E-state index contributed by atoms with van der Waals surface area (Å²) in [6.07, 6.45) is 0. The molecule has 0 saturated heterocycles. The van der Waals surface area contributed by atoms with E-state index in [9.17, 15) is 21.6 Å². The molecule has 0 spiro atoms. The van der Waals surface area contributed by atoms with Crippen LogP contribution in [0.5, 0.6) is 11.5 Å². The van der Waals surface area contributed by atoms with Gasteiger partial charge in [-0.3, -0.25) is 0 Å². The van der Waals surface area contributed by atoms with Crippen molar-refractivity contribution in [3.05, 3.63) is 34.2 Å². The summed E-state index contributed by atoms with van der Waals surface area (Å²) >= 11 is 0. The molecular weight excluding hydrogens is 360 g/mol. The van der Waals surface area contributed by atoms with Crippen LogP contribution in [0.3, 0.4) is 0 Å². The van der Waals surface area contributed by atoms with E-state index in [4.69, 9.17) is 12.8 Å². The van der Waals surface area contributed by atoms with Crippen LogP contribution in [-0.2, 0) is 20.2 Å². The Bertz CT molecular complexity index is 1030. The lowest BCUT2D eigenvalue weighted by molar-refractivity contribution is 0.444. The number of rotatable bonds is 6. The fourth-order valence-electron chi connectivity index (χ4n) is 1.87. The van der Waals surface area contributed by atoms with E-state index in [0.717, 1.165) is 0 Å². The maximum Gasteiger partial charge on any atom is 0.336 e. The monoisotopic (exact) mass is 376 g/mol. The predicted molar refractivity (Wildman–Crippen MR) is 87.4 cm³/mol. The second-order valence-electron chi connectivity index (χ2n) is 4.88. The lowest BCUT2D eigenvalue weighted by atomic mass is 10.1. The topological polar surface area (TPSA) is 117 Å². The first-order valence-electron chi connectivity index (χ1n) is 7.00. The Morgan fingerprint density at radius 2 is 1.58 bits per heavy atom. The minimum atomic E-state index is -4.01. The fraction of sp³-hybridized carbons (Fsp3) is 0.357. The van der Waals surface area contributed by atoms with Gasteiger partial charge in [0, 0.05) is 11.5 Å². The summed E-state index contributed by atoms with van der Waals surface area (Å²) in [6.45, 7) is 4.34. The van der Waals surface area contributed by atoms with E-state index in [-0.39, 0.29) is 22.8 Å². The summed E-state index contributed by atoms with van der Waals surface area (Å²) in [5, 5.41) is 0.400. The van der Waals surface area contributed by atoms with Crippen molar-refractivity contribution in [1.29, 1.82) is 0 Å². The highest BCUT2D eigenvalue weighted by Gasteiger charge is 2.23. The molecule has 0 N–H and O–H groups in total. The van der Waals surface area contributed by atoms with Gasteiger partial charge in [-0.1, -0.05) is 0 Å². The van der Waals surface area contributed by atoms with Gasteiger partial charge >= 0.3 is 25.9 Å². The van der Waals surface area contributed by atoms with Crippen molar-refractivity contribution in [1.82, 2.24) is 0 Å². The van der Waals surface area contributed by atoms with Crippen molar-refractivity contribution in [3.63, 3.8) is 0 Å². The molecule has 8 nitrogen and oxygen atoms in total. The van der Waals surface area contributed by atoms with Gasteiger partial charge in [-0.25, -0.2) is 4.79 Å². The molecule has 0 fully saturated rings. The van der Waals surface area contributed by atoms with Crippen LogP contribution in [0.25, 0.3) is 11.0 Å². The molecule has 132 valence electrons. The Morgan fingerprint density at radius 1 is 1.00 bits per heavy atom. The highest BCUT2D eigenvalue weighted by molar-refractivity contribution is 7.87. The summed E-state index contributed by atoms with van der Waals surface area (Å²) < 4.78 is 61.9.